The Labute approximate surface area is 132 Å². The molecule has 0 unspecified atom stereocenters. The lowest BCUT2D eigenvalue weighted by molar-refractivity contribution is -0.124. The fourth-order valence-electron chi connectivity index (χ4n) is 2.16. The van der Waals surface area contributed by atoms with Crippen molar-refractivity contribution in [3.05, 3.63) is 40.5 Å². The van der Waals surface area contributed by atoms with E-state index in [1.807, 2.05) is 24.3 Å². The monoisotopic (exact) mass is 351 g/mol. The van der Waals surface area contributed by atoms with Gasteiger partial charge in [-0.1, -0.05) is 28.1 Å². The number of benzene rings is 1. The maximum absolute atomic E-state index is 11.9. The predicted molar refractivity (Wildman–Crippen MR) is 85.4 cm³/mol. The lowest BCUT2D eigenvalue weighted by Crippen LogP contribution is -2.43. The third kappa shape index (κ3) is 5.32. The summed E-state index contributed by atoms with van der Waals surface area (Å²) in [6.07, 6.45) is 4.83. The van der Waals surface area contributed by atoms with E-state index >= 15 is 0 Å². The normalized spacial score (nSPS) is 15.9. The Balaban J connectivity index is 1.77. The first-order valence-electron chi connectivity index (χ1n) is 6.89. The molecule has 0 aliphatic carbocycles. The number of imide groups is 1. The molecule has 1 aromatic rings. The second-order valence-electron chi connectivity index (χ2n) is 4.88. The van der Waals surface area contributed by atoms with Crippen molar-refractivity contribution in [2.45, 2.75) is 12.8 Å². The summed E-state index contributed by atoms with van der Waals surface area (Å²) in [5.74, 6) is -0.282. The first kappa shape index (κ1) is 15.7. The zero-order valence-electron chi connectivity index (χ0n) is 11.6. The van der Waals surface area contributed by atoms with Crippen LogP contribution in [-0.2, 0) is 4.79 Å². The van der Waals surface area contributed by atoms with E-state index in [0.717, 1.165) is 36.0 Å². The first-order valence-corrected chi connectivity index (χ1v) is 7.68. The molecule has 0 radical (unpaired) electrons. The summed E-state index contributed by atoms with van der Waals surface area (Å²) >= 11 is 3.38. The van der Waals surface area contributed by atoms with Gasteiger partial charge >= 0.3 is 6.03 Å². The number of piperidine rings is 1. The van der Waals surface area contributed by atoms with E-state index in [1.54, 1.807) is 6.08 Å². The number of halogens is 1. The summed E-state index contributed by atoms with van der Waals surface area (Å²) < 4.78 is 0.968. The number of hydrogen-bond donors (Lipinski definition) is 3. The maximum Gasteiger partial charge on any atom is 0.325 e. The van der Waals surface area contributed by atoms with Gasteiger partial charge in [-0.3, -0.25) is 10.1 Å². The van der Waals surface area contributed by atoms with Gasteiger partial charge in [0.15, 0.2) is 0 Å². The molecule has 0 bridgehead atoms. The average Bonchev–Trinajstić information content (AvgIpc) is 2.48. The minimum atomic E-state index is -0.496. The Morgan fingerprint density at radius 2 is 2.05 bits per heavy atom. The van der Waals surface area contributed by atoms with E-state index in [9.17, 15) is 9.59 Å². The van der Waals surface area contributed by atoms with Gasteiger partial charge in [-0.2, -0.15) is 0 Å². The number of nitrogens with one attached hydrogen (secondary N) is 3. The van der Waals surface area contributed by atoms with Crippen molar-refractivity contribution in [2.24, 2.45) is 5.92 Å². The number of amides is 3. The Morgan fingerprint density at radius 1 is 1.29 bits per heavy atom. The van der Waals surface area contributed by atoms with Crippen LogP contribution < -0.4 is 16.0 Å². The van der Waals surface area contributed by atoms with Crippen LogP contribution in [0, 0.1) is 5.92 Å². The van der Waals surface area contributed by atoms with Crippen molar-refractivity contribution in [1.29, 1.82) is 0 Å². The molecule has 3 amide bonds. The van der Waals surface area contributed by atoms with E-state index < -0.39 is 6.03 Å². The zero-order valence-corrected chi connectivity index (χ0v) is 13.2. The van der Waals surface area contributed by atoms with E-state index in [-0.39, 0.29) is 11.8 Å². The summed E-state index contributed by atoms with van der Waals surface area (Å²) in [6.45, 7) is 1.64. The molecule has 1 aliphatic rings. The third-order valence-corrected chi connectivity index (χ3v) is 3.78. The van der Waals surface area contributed by atoms with Crippen molar-refractivity contribution < 1.29 is 9.59 Å². The van der Waals surface area contributed by atoms with Gasteiger partial charge in [-0.15, -0.1) is 0 Å². The Morgan fingerprint density at radius 3 is 2.76 bits per heavy atom. The standard InChI is InChI=1S/C15H18BrN3O2/c16-13-3-1-2-11(10-13)4-9-18-15(21)19-14(20)12-5-7-17-8-6-12/h1-4,9-10,12,17H,5-8H2,(H2,18,19,20,21)/b9-4+. The second kappa shape index (κ2) is 7.95. The van der Waals surface area contributed by atoms with E-state index in [2.05, 4.69) is 31.9 Å². The fourth-order valence-corrected chi connectivity index (χ4v) is 2.57. The molecule has 0 atom stereocenters. The van der Waals surface area contributed by atoms with Gasteiger partial charge in [-0.25, -0.2) is 4.79 Å². The molecule has 5 nitrogen and oxygen atoms in total. The lowest BCUT2D eigenvalue weighted by Gasteiger charge is -2.21. The molecule has 1 heterocycles. The van der Waals surface area contributed by atoms with Crippen LogP contribution in [0.5, 0.6) is 0 Å². The quantitative estimate of drug-likeness (QED) is 0.782. The highest BCUT2D eigenvalue weighted by Crippen LogP contribution is 2.12. The molecular formula is C15H18BrN3O2. The highest BCUT2D eigenvalue weighted by Gasteiger charge is 2.21. The summed E-state index contributed by atoms with van der Waals surface area (Å²) in [6, 6.07) is 7.18. The van der Waals surface area contributed by atoms with E-state index in [4.69, 9.17) is 0 Å². The number of carbonyl (C=O) groups is 2. The largest absolute Gasteiger partial charge is 0.325 e. The molecule has 0 saturated carbocycles. The van der Waals surface area contributed by atoms with Crippen LogP contribution in [0.3, 0.4) is 0 Å². The van der Waals surface area contributed by atoms with E-state index in [1.165, 1.54) is 6.20 Å². The smallest absolute Gasteiger partial charge is 0.317 e. The van der Waals surface area contributed by atoms with Crippen LogP contribution >= 0.6 is 15.9 Å². The van der Waals surface area contributed by atoms with Crippen LogP contribution in [0.2, 0.25) is 0 Å². The molecule has 1 fully saturated rings. The summed E-state index contributed by atoms with van der Waals surface area (Å²) in [5, 5.41) is 8.09. The highest BCUT2D eigenvalue weighted by molar-refractivity contribution is 9.10. The number of rotatable bonds is 3. The van der Waals surface area contributed by atoms with Crippen LogP contribution in [-0.4, -0.2) is 25.0 Å². The van der Waals surface area contributed by atoms with Crippen molar-refractivity contribution in [3.63, 3.8) is 0 Å². The van der Waals surface area contributed by atoms with Gasteiger partial charge < -0.3 is 10.6 Å². The van der Waals surface area contributed by atoms with Gasteiger partial charge in [0.25, 0.3) is 0 Å². The summed E-state index contributed by atoms with van der Waals surface area (Å²) in [4.78, 5) is 23.5. The molecule has 21 heavy (non-hydrogen) atoms. The zero-order chi connectivity index (χ0) is 15.1. The highest BCUT2D eigenvalue weighted by atomic mass is 79.9. The molecule has 112 valence electrons. The van der Waals surface area contributed by atoms with E-state index in [0.29, 0.717) is 0 Å². The molecule has 0 aromatic heterocycles. The predicted octanol–water partition coefficient (Wildman–Crippen LogP) is 2.25. The van der Waals surface area contributed by atoms with Crippen LogP contribution in [0.1, 0.15) is 18.4 Å². The minimum absolute atomic E-state index is 0.0777. The SMILES string of the molecule is O=C(N/C=C/c1cccc(Br)c1)NC(=O)C1CCNCC1. The Bertz CT molecular complexity index is 539. The van der Waals surface area contributed by atoms with Crippen LogP contribution in [0.25, 0.3) is 6.08 Å². The van der Waals surface area contributed by atoms with Crippen molar-refractivity contribution in [2.75, 3.05) is 13.1 Å². The average molecular weight is 352 g/mol. The van der Waals surface area contributed by atoms with Gasteiger partial charge in [0.05, 0.1) is 0 Å². The topological polar surface area (TPSA) is 70.2 Å². The molecule has 1 saturated heterocycles. The van der Waals surface area contributed by atoms with Crippen molar-refractivity contribution in [3.8, 4) is 0 Å². The lowest BCUT2D eigenvalue weighted by atomic mass is 9.97. The fraction of sp³-hybridized carbons (Fsp3) is 0.333. The molecule has 3 N–H and O–H groups in total. The summed E-state index contributed by atoms with van der Waals surface area (Å²) in [7, 11) is 0. The van der Waals surface area contributed by atoms with Crippen molar-refractivity contribution in [1.82, 2.24) is 16.0 Å². The van der Waals surface area contributed by atoms with Gasteiger partial charge in [0, 0.05) is 16.6 Å². The second-order valence-corrected chi connectivity index (χ2v) is 5.79. The molecule has 2 rings (SSSR count). The first-order chi connectivity index (χ1) is 10.1. The van der Waals surface area contributed by atoms with Gasteiger partial charge in [-0.05, 0) is 49.7 Å². The maximum atomic E-state index is 11.9. The number of carbonyl (C=O) groups excluding carboxylic acids is 2. The third-order valence-electron chi connectivity index (χ3n) is 3.29. The number of hydrogen-bond acceptors (Lipinski definition) is 3. The minimum Gasteiger partial charge on any atom is -0.317 e. The molecule has 0 spiro atoms. The van der Waals surface area contributed by atoms with Gasteiger partial charge in [0.2, 0.25) is 5.91 Å². The van der Waals surface area contributed by atoms with Crippen LogP contribution in [0.4, 0.5) is 4.79 Å². The summed E-state index contributed by atoms with van der Waals surface area (Å²) in [5.41, 5.74) is 0.953. The molecule has 1 aliphatic heterocycles. The molecule has 1 aromatic carbocycles. The van der Waals surface area contributed by atoms with Crippen molar-refractivity contribution >= 4 is 33.9 Å². The number of urea groups is 1. The molecular weight excluding hydrogens is 334 g/mol. The Hall–Kier alpha value is -1.66. The Kier molecular flexibility index (Phi) is 5.95. The van der Waals surface area contributed by atoms with Gasteiger partial charge in [0.1, 0.15) is 0 Å². The molecule has 6 heteroatoms. The van der Waals surface area contributed by atoms with Crippen LogP contribution in [0.15, 0.2) is 34.9 Å².